The van der Waals surface area contributed by atoms with Crippen molar-refractivity contribution in [1.29, 1.82) is 0 Å². The molecule has 0 N–H and O–H groups in total. The number of rotatable bonds is 2. The quantitative estimate of drug-likeness (QED) is 0.173. The van der Waals surface area contributed by atoms with Crippen molar-refractivity contribution >= 4 is 54.1 Å². The first-order valence-corrected chi connectivity index (χ1v) is 22.2. The zero-order chi connectivity index (χ0) is 44.9. The fourth-order valence-corrected chi connectivity index (χ4v) is 7.02. The Morgan fingerprint density at radius 1 is 0.282 bits per heavy atom. The number of nitrogens with zero attached hydrogens (tertiary/aromatic N) is 3. The summed E-state index contributed by atoms with van der Waals surface area (Å²) in [6.07, 6.45) is 6.05. The van der Waals surface area contributed by atoms with E-state index in [-0.39, 0.29) is 52.0 Å². The van der Waals surface area contributed by atoms with Gasteiger partial charge in [-0.15, -0.1) is 0 Å². The lowest BCUT2D eigenvalue weighted by molar-refractivity contribution is 1.14. The molecule has 0 atom stereocenters. The first kappa shape index (κ1) is 65.6. The number of benzene rings is 8. The standard InChI is InChI=1S/C12H12.C11H10.3C10H9N.C8H10.7CH4/c1-2-10-7-8-11-5-3-4-6-12(11)9-10;1-9-6-7-10-4-2-3-5-11(10)8-9;1-8-6-9-4-2-3-5-10(9)7-11-8;1-8-6-9-4-2-3-5-10(9)11-7-8;1-8-6-7-9-4-2-3-5-10(9)11-8;1-2-8-6-4-3-5-7-8;;;;;;;/h3-9H,2H2,1H3;2-8H,1H3;3*2-7H,1H3;3-7H,2H2,1H3;7*1H4. The molecule has 3 nitrogen and oxygen atoms in total. The number of pyridine rings is 3. The van der Waals surface area contributed by atoms with Crippen molar-refractivity contribution in [3.05, 3.63) is 258 Å². The summed E-state index contributed by atoms with van der Waals surface area (Å²) in [5.41, 5.74) is 9.65. The average molecular weight is 946 g/mol. The van der Waals surface area contributed by atoms with Gasteiger partial charge in [-0.1, -0.05) is 253 Å². The number of hydrogen-bond donors (Lipinski definition) is 0. The van der Waals surface area contributed by atoms with Crippen LogP contribution in [0, 0.1) is 27.7 Å². The summed E-state index contributed by atoms with van der Waals surface area (Å²) in [7, 11) is 0. The Labute approximate surface area is 431 Å². The van der Waals surface area contributed by atoms with Gasteiger partial charge in [-0.2, -0.15) is 0 Å². The van der Waals surface area contributed by atoms with E-state index in [2.05, 4.69) is 194 Å². The van der Waals surface area contributed by atoms with Gasteiger partial charge in [0.25, 0.3) is 0 Å². The molecule has 0 spiro atoms. The summed E-state index contributed by atoms with van der Waals surface area (Å²) in [5.74, 6) is 0. The van der Waals surface area contributed by atoms with Gasteiger partial charge in [0.1, 0.15) is 0 Å². The minimum absolute atomic E-state index is 0. The number of aryl methyl sites for hydroxylation is 6. The summed E-state index contributed by atoms with van der Waals surface area (Å²) in [6.45, 7) is 12.5. The van der Waals surface area contributed by atoms with Crippen molar-refractivity contribution in [2.75, 3.05) is 0 Å². The van der Waals surface area contributed by atoms with Crippen LogP contribution in [0.3, 0.4) is 0 Å². The third-order valence-corrected chi connectivity index (χ3v) is 10.6. The van der Waals surface area contributed by atoms with E-state index < -0.39 is 0 Å². The van der Waals surface area contributed by atoms with Crippen LogP contribution in [0.2, 0.25) is 0 Å². The predicted octanol–water partition coefficient (Wildman–Crippen LogP) is 20.9. The van der Waals surface area contributed by atoms with Crippen LogP contribution in [0.1, 0.15) is 99.5 Å². The highest BCUT2D eigenvalue weighted by Crippen LogP contribution is 2.17. The minimum atomic E-state index is 0. The molecule has 11 rings (SSSR count). The van der Waals surface area contributed by atoms with Gasteiger partial charge in [0, 0.05) is 39.9 Å². The topological polar surface area (TPSA) is 38.7 Å². The van der Waals surface area contributed by atoms with Crippen molar-refractivity contribution in [2.45, 2.75) is 106 Å². The molecular formula is C68H87N3. The van der Waals surface area contributed by atoms with Gasteiger partial charge in [-0.05, 0) is 114 Å². The fraction of sp³-hybridized carbons (Fsp3) is 0.221. The van der Waals surface area contributed by atoms with E-state index >= 15 is 0 Å². The third-order valence-electron chi connectivity index (χ3n) is 10.6. The number of para-hydroxylation sites is 2. The molecule has 11 aromatic rings. The lowest BCUT2D eigenvalue weighted by Gasteiger charge is -1.99. The van der Waals surface area contributed by atoms with Crippen molar-refractivity contribution < 1.29 is 0 Å². The molecule has 3 heterocycles. The molecule has 0 saturated carbocycles. The molecule has 0 saturated heterocycles. The highest BCUT2D eigenvalue weighted by Gasteiger charge is 1.95. The van der Waals surface area contributed by atoms with E-state index in [1.54, 1.807) is 0 Å². The molecule has 0 aliphatic carbocycles. The SMILES string of the molecule is C.C.C.C.C.C.C.CCc1ccc2ccccc2c1.CCc1ccccc1.Cc1cc2ccccc2cn1.Cc1ccc2ccccc2c1.Cc1ccc2ccccc2n1.Cc1cnc2ccccc2c1. The Hall–Kier alpha value is -7.49. The fourth-order valence-electron chi connectivity index (χ4n) is 7.02. The van der Waals surface area contributed by atoms with Gasteiger partial charge >= 0.3 is 0 Å². The number of fused-ring (bicyclic) bond motifs is 5. The molecule has 0 radical (unpaired) electrons. The maximum atomic E-state index is 4.38. The van der Waals surface area contributed by atoms with Gasteiger partial charge in [0.15, 0.2) is 0 Å². The zero-order valence-electron chi connectivity index (χ0n) is 38.1. The smallest absolute Gasteiger partial charge is 0.0705 e. The van der Waals surface area contributed by atoms with Crippen LogP contribution in [0.4, 0.5) is 0 Å². The van der Waals surface area contributed by atoms with E-state index in [1.165, 1.54) is 65.3 Å². The van der Waals surface area contributed by atoms with Crippen LogP contribution in [0.25, 0.3) is 54.1 Å². The summed E-state index contributed by atoms with van der Waals surface area (Å²) >= 11 is 0. The second kappa shape index (κ2) is 34.7. The first-order chi connectivity index (χ1) is 31.3. The summed E-state index contributed by atoms with van der Waals surface area (Å²) < 4.78 is 0. The van der Waals surface area contributed by atoms with Crippen LogP contribution < -0.4 is 0 Å². The van der Waals surface area contributed by atoms with Gasteiger partial charge in [0.2, 0.25) is 0 Å². The summed E-state index contributed by atoms with van der Waals surface area (Å²) in [4.78, 5) is 12.9. The monoisotopic (exact) mass is 946 g/mol. The lowest BCUT2D eigenvalue weighted by Crippen LogP contribution is -1.80. The molecule has 0 bridgehead atoms. The van der Waals surface area contributed by atoms with Gasteiger partial charge in [-0.25, -0.2) is 0 Å². The Kier molecular flexibility index (Phi) is 32.1. The van der Waals surface area contributed by atoms with Gasteiger partial charge < -0.3 is 0 Å². The maximum absolute atomic E-state index is 4.38. The largest absolute Gasteiger partial charge is 0.261 e. The Morgan fingerprint density at radius 2 is 0.718 bits per heavy atom. The van der Waals surface area contributed by atoms with Gasteiger partial charge in [0.05, 0.1) is 11.0 Å². The molecule has 374 valence electrons. The van der Waals surface area contributed by atoms with E-state index in [0.717, 1.165) is 35.3 Å². The second-order valence-electron chi connectivity index (χ2n) is 15.7. The van der Waals surface area contributed by atoms with Crippen molar-refractivity contribution in [3.63, 3.8) is 0 Å². The number of aromatic nitrogens is 3. The van der Waals surface area contributed by atoms with Crippen molar-refractivity contribution in [3.8, 4) is 0 Å². The second-order valence-corrected chi connectivity index (χ2v) is 15.7. The van der Waals surface area contributed by atoms with Crippen LogP contribution >= 0.6 is 0 Å². The van der Waals surface area contributed by atoms with Gasteiger partial charge in [-0.3, -0.25) is 15.0 Å². The molecule has 0 aliphatic heterocycles. The summed E-state index contributed by atoms with van der Waals surface area (Å²) in [6, 6.07) is 73.4. The van der Waals surface area contributed by atoms with E-state index in [9.17, 15) is 0 Å². The normalized spacial score (nSPS) is 9.15. The molecular weight excluding hydrogens is 859 g/mol. The van der Waals surface area contributed by atoms with Crippen LogP contribution in [-0.2, 0) is 12.8 Å². The molecule has 3 aromatic heterocycles. The number of hydrogen-bond acceptors (Lipinski definition) is 3. The molecule has 3 heteroatoms. The Morgan fingerprint density at radius 3 is 1.30 bits per heavy atom. The van der Waals surface area contributed by atoms with Crippen LogP contribution in [0.15, 0.2) is 225 Å². The third kappa shape index (κ3) is 21.0. The first-order valence-electron chi connectivity index (χ1n) is 22.2. The van der Waals surface area contributed by atoms with Crippen LogP contribution in [0.5, 0.6) is 0 Å². The highest BCUT2D eigenvalue weighted by atomic mass is 14.7. The Balaban J connectivity index is 0. The van der Waals surface area contributed by atoms with Crippen molar-refractivity contribution in [2.24, 2.45) is 0 Å². The Bertz CT molecular complexity index is 2830. The molecule has 0 aliphatic rings. The lowest BCUT2D eigenvalue weighted by atomic mass is 10.1. The summed E-state index contributed by atoms with van der Waals surface area (Å²) in [5, 5.41) is 10.2. The highest BCUT2D eigenvalue weighted by molar-refractivity contribution is 5.84. The van der Waals surface area contributed by atoms with Crippen LogP contribution in [-0.4, -0.2) is 15.0 Å². The molecule has 0 unspecified atom stereocenters. The van der Waals surface area contributed by atoms with E-state index in [1.807, 2.05) is 86.9 Å². The average Bonchev–Trinajstić information content (AvgIpc) is 3.35. The molecule has 8 aromatic carbocycles. The minimum Gasteiger partial charge on any atom is -0.261 e. The van der Waals surface area contributed by atoms with E-state index in [4.69, 9.17) is 0 Å². The maximum Gasteiger partial charge on any atom is 0.0705 e. The molecule has 0 fully saturated rings. The molecule has 71 heavy (non-hydrogen) atoms. The van der Waals surface area contributed by atoms with Crippen molar-refractivity contribution in [1.82, 2.24) is 15.0 Å². The predicted molar refractivity (Wildman–Crippen MR) is 324 cm³/mol. The molecule has 0 amide bonds. The van der Waals surface area contributed by atoms with E-state index in [0.29, 0.717) is 0 Å². The zero-order valence-corrected chi connectivity index (χ0v) is 38.1.